The van der Waals surface area contributed by atoms with Gasteiger partial charge in [0.05, 0.1) is 6.61 Å². The largest absolute Gasteiger partial charge is 0.466 e. The maximum Gasteiger partial charge on any atom is 0.305 e. The summed E-state index contributed by atoms with van der Waals surface area (Å²) in [6.45, 7) is 4.51. The predicted molar refractivity (Wildman–Crippen MR) is 58.6 cm³/mol. The molecule has 0 saturated heterocycles. The molecule has 0 fully saturated rings. The zero-order valence-corrected chi connectivity index (χ0v) is 9.96. The van der Waals surface area contributed by atoms with Crippen LogP contribution in [0.15, 0.2) is 0 Å². The Bertz CT molecular complexity index is 126. The van der Waals surface area contributed by atoms with Crippen LogP contribution in [0.4, 0.5) is 0 Å². The van der Waals surface area contributed by atoms with E-state index in [0.717, 1.165) is 12.8 Å². The molecule has 0 saturated carbocycles. The fourth-order valence-corrected chi connectivity index (χ4v) is 1.35. The van der Waals surface area contributed by atoms with Crippen LogP contribution in [0.1, 0.15) is 39.5 Å². The van der Waals surface area contributed by atoms with E-state index in [1.165, 1.54) is 6.42 Å². The van der Waals surface area contributed by atoms with Gasteiger partial charge in [-0.3, -0.25) is 4.79 Å². The van der Waals surface area contributed by atoms with E-state index in [-0.39, 0.29) is 5.97 Å². The number of hydrogen-bond donors (Lipinski definition) is 0. The maximum atomic E-state index is 10.9. The second-order valence-electron chi connectivity index (χ2n) is 2.70. The minimum Gasteiger partial charge on any atom is -0.466 e. The Hall–Kier alpha value is 0.200. The van der Waals surface area contributed by atoms with Crippen LogP contribution in [-0.2, 0) is 9.53 Å². The summed E-state index contributed by atoms with van der Waals surface area (Å²) in [5.74, 6) is -0.0581. The van der Waals surface area contributed by atoms with Crippen LogP contribution < -0.4 is 0 Å². The lowest BCUT2D eigenvalue weighted by atomic mass is 10.1. The van der Waals surface area contributed by atoms with Crippen LogP contribution in [0, 0.1) is 0 Å². The fourth-order valence-electron chi connectivity index (χ4n) is 0.905. The first-order valence-corrected chi connectivity index (χ1v) is 5.75. The molecule has 0 aromatic carbocycles. The summed E-state index contributed by atoms with van der Waals surface area (Å²) in [5.41, 5.74) is 0. The molecule has 0 radical (unpaired) electrons. The van der Waals surface area contributed by atoms with Crippen molar-refractivity contribution in [2.45, 2.75) is 43.5 Å². The zero-order chi connectivity index (χ0) is 9.40. The standard InChI is InChI=1S/C9H17IO2/c1-3-8(10)6-5-7-9(11)12-4-2/h8H,3-7H2,1-2H3. The van der Waals surface area contributed by atoms with E-state index in [2.05, 4.69) is 29.5 Å². The minimum absolute atomic E-state index is 0.0581. The van der Waals surface area contributed by atoms with Crippen LogP contribution >= 0.6 is 22.6 Å². The Balaban J connectivity index is 3.24. The molecule has 1 unspecified atom stereocenters. The zero-order valence-electron chi connectivity index (χ0n) is 7.81. The van der Waals surface area contributed by atoms with Gasteiger partial charge in [-0.15, -0.1) is 0 Å². The Kier molecular flexibility index (Phi) is 7.96. The number of carbonyl (C=O) groups excluding carboxylic acids is 1. The van der Waals surface area contributed by atoms with Crippen molar-refractivity contribution in [2.75, 3.05) is 6.61 Å². The van der Waals surface area contributed by atoms with Crippen molar-refractivity contribution in [3.8, 4) is 0 Å². The molecule has 2 nitrogen and oxygen atoms in total. The van der Waals surface area contributed by atoms with Gasteiger partial charge in [0, 0.05) is 10.3 Å². The summed E-state index contributed by atoms with van der Waals surface area (Å²) >= 11 is 2.42. The maximum absolute atomic E-state index is 10.9. The van der Waals surface area contributed by atoms with Gasteiger partial charge in [0.2, 0.25) is 0 Å². The van der Waals surface area contributed by atoms with Gasteiger partial charge in [-0.05, 0) is 26.2 Å². The van der Waals surface area contributed by atoms with E-state index in [4.69, 9.17) is 4.74 Å². The average molecular weight is 284 g/mol. The predicted octanol–water partition coefficient (Wildman–Crippen LogP) is 2.93. The fraction of sp³-hybridized carbons (Fsp3) is 0.889. The first-order valence-electron chi connectivity index (χ1n) is 4.50. The Labute approximate surface area is 88.2 Å². The second kappa shape index (κ2) is 7.83. The second-order valence-corrected chi connectivity index (χ2v) is 4.46. The lowest BCUT2D eigenvalue weighted by Gasteiger charge is -2.05. The summed E-state index contributed by atoms with van der Waals surface area (Å²) < 4.78 is 5.52. The number of ether oxygens (including phenoxy) is 1. The topological polar surface area (TPSA) is 26.3 Å². The first kappa shape index (κ1) is 12.2. The molecule has 0 heterocycles. The van der Waals surface area contributed by atoms with E-state index < -0.39 is 0 Å². The highest BCUT2D eigenvalue weighted by Gasteiger charge is 2.04. The molecule has 0 aliphatic heterocycles. The van der Waals surface area contributed by atoms with Gasteiger partial charge < -0.3 is 4.74 Å². The van der Waals surface area contributed by atoms with E-state index in [0.29, 0.717) is 17.0 Å². The van der Waals surface area contributed by atoms with E-state index >= 15 is 0 Å². The summed E-state index contributed by atoms with van der Waals surface area (Å²) in [4.78, 5) is 10.9. The van der Waals surface area contributed by atoms with Crippen LogP contribution in [0.2, 0.25) is 0 Å². The van der Waals surface area contributed by atoms with Gasteiger partial charge >= 0.3 is 5.97 Å². The van der Waals surface area contributed by atoms with Crippen molar-refractivity contribution in [3.05, 3.63) is 0 Å². The van der Waals surface area contributed by atoms with Crippen molar-refractivity contribution in [1.82, 2.24) is 0 Å². The molecule has 0 rings (SSSR count). The first-order chi connectivity index (χ1) is 5.70. The third kappa shape index (κ3) is 6.88. The highest BCUT2D eigenvalue weighted by Crippen LogP contribution is 2.13. The van der Waals surface area contributed by atoms with Gasteiger partial charge in [-0.2, -0.15) is 0 Å². The SMILES string of the molecule is CCOC(=O)CCCC(I)CC. The number of esters is 1. The molecule has 0 aromatic heterocycles. The number of hydrogen-bond acceptors (Lipinski definition) is 2. The van der Waals surface area contributed by atoms with E-state index in [1.54, 1.807) is 0 Å². The highest BCUT2D eigenvalue weighted by atomic mass is 127. The molecule has 72 valence electrons. The molecule has 0 aliphatic carbocycles. The summed E-state index contributed by atoms with van der Waals surface area (Å²) in [7, 11) is 0. The van der Waals surface area contributed by atoms with Gasteiger partial charge in [0.25, 0.3) is 0 Å². The summed E-state index contributed by atoms with van der Waals surface area (Å²) in [5, 5.41) is 0. The van der Waals surface area contributed by atoms with Gasteiger partial charge in [-0.25, -0.2) is 0 Å². The highest BCUT2D eigenvalue weighted by molar-refractivity contribution is 14.1. The molecule has 0 amide bonds. The van der Waals surface area contributed by atoms with Gasteiger partial charge in [0.1, 0.15) is 0 Å². The molecule has 0 aliphatic rings. The Morgan fingerprint density at radius 1 is 1.50 bits per heavy atom. The Morgan fingerprint density at radius 3 is 2.67 bits per heavy atom. The van der Waals surface area contributed by atoms with Gasteiger partial charge in [-0.1, -0.05) is 29.5 Å². The minimum atomic E-state index is -0.0581. The lowest BCUT2D eigenvalue weighted by molar-refractivity contribution is -0.143. The molecular formula is C9H17IO2. The number of halogens is 1. The molecule has 3 heteroatoms. The van der Waals surface area contributed by atoms with Crippen molar-refractivity contribution in [2.24, 2.45) is 0 Å². The lowest BCUT2D eigenvalue weighted by Crippen LogP contribution is -2.05. The van der Waals surface area contributed by atoms with Crippen molar-refractivity contribution < 1.29 is 9.53 Å². The summed E-state index contributed by atoms with van der Waals surface area (Å²) in [6, 6.07) is 0. The van der Waals surface area contributed by atoms with Crippen LogP contribution in [-0.4, -0.2) is 16.5 Å². The number of carbonyl (C=O) groups is 1. The molecule has 0 spiro atoms. The van der Waals surface area contributed by atoms with Crippen molar-refractivity contribution in [1.29, 1.82) is 0 Å². The van der Waals surface area contributed by atoms with Crippen LogP contribution in [0.3, 0.4) is 0 Å². The Morgan fingerprint density at radius 2 is 2.17 bits per heavy atom. The van der Waals surface area contributed by atoms with Crippen LogP contribution in [0.5, 0.6) is 0 Å². The number of rotatable bonds is 6. The molecule has 1 atom stereocenters. The van der Waals surface area contributed by atoms with Gasteiger partial charge in [0.15, 0.2) is 0 Å². The monoisotopic (exact) mass is 284 g/mol. The van der Waals surface area contributed by atoms with E-state index in [1.807, 2.05) is 6.92 Å². The third-order valence-corrected chi connectivity index (χ3v) is 3.15. The van der Waals surface area contributed by atoms with Crippen molar-refractivity contribution >= 4 is 28.6 Å². The van der Waals surface area contributed by atoms with Crippen LogP contribution in [0.25, 0.3) is 0 Å². The quantitative estimate of drug-likeness (QED) is 0.426. The summed E-state index contributed by atoms with van der Waals surface area (Å²) in [6.07, 6.45) is 3.84. The average Bonchev–Trinajstić information content (AvgIpc) is 2.04. The van der Waals surface area contributed by atoms with E-state index in [9.17, 15) is 4.79 Å². The molecular weight excluding hydrogens is 267 g/mol. The molecule has 0 aromatic rings. The van der Waals surface area contributed by atoms with Crippen molar-refractivity contribution in [3.63, 3.8) is 0 Å². The smallest absolute Gasteiger partial charge is 0.305 e. The molecule has 12 heavy (non-hydrogen) atoms. The normalized spacial score (nSPS) is 12.6. The third-order valence-electron chi connectivity index (χ3n) is 1.65. The molecule has 0 bridgehead atoms. The molecule has 0 N–H and O–H groups in total. The number of alkyl halides is 1.